The molecular formula is C15H25BrN4O. The van der Waals surface area contributed by atoms with Gasteiger partial charge in [-0.15, -0.1) is 6.58 Å². The van der Waals surface area contributed by atoms with Crippen LogP contribution in [-0.4, -0.2) is 29.4 Å². The number of hydrogen-bond donors (Lipinski definition) is 1. The van der Waals surface area contributed by atoms with E-state index in [1.54, 1.807) is 12.3 Å². The highest BCUT2D eigenvalue weighted by atomic mass is 79.9. The average Bonchev–Trinajstić information content (AvgIpc) is 2.44. The van der Waals surface area contributed by atoms with Gasteiger partial charge in [0.2, 0.25) is 0 Å². The highest BCUT2D eigenvalue weighted by Gasteiger charge is 2.22. The third-order valence-corrected chi connectivity index (χ3v) is 4.02. The predicted molar refractivity (Wildman–Crippen MR) is 91.7 cm³/mol. The molecular weight excluding hydrogens is 332 g/mol. The SMILES string of the molecule is C=CCn1ncc(N(CCC)CC(C)(C)CN)c(Br)c1=O. The normalized spacial score (nSPS) is 11.5. The molecule has 0 fully saturated rings. The van der Waals surface area contributed by atoms with Gasteiger partial charge in [-0.1, -0.05) is 26.8 Å². The van der Waals surface area contributed by atoms with Crippen molar-refractivity contribution in [3.63, 3.8) is 0 Å². The summed E-state index contributed by atoms with van der Waals surface area (Å²) in [6.45, 7) is 12.6. The fourth-order valence-electron chi connectivity index (χ4n) is 2.06. The fourth-order valence-corrected chi connectivity index (χ4v) is 2.62. The zero-order valence-corrected chi connectivity index (χ0v) is 14.7. The number of hydrogen-bond acceptors (Lipinski definition) is 4. The van der Waals surface area contributed by atoms with Crippen molar-refractivity contribution in [1.82, 2.24) is 9.78 Å². The first kappa shape index (κ1) is 17.9. The summed E-state index contributed by atoms with van der Waals surface area (Å²) < 4.78 is 1.93. The summed E-state index contributed by atoms with van der Waals surface area (Å²) in [6, 6.07) is 0. The van der Waals surface area contributed by atoms with Crippen LogP contribution in [0.5, 0.6) is 0 Å². The van der Waals surface area contributed by atoms with Crippen LogP contribution in [0.3, 0.4) is 0 Å². The molecule has 2 N–H and O–H groups in total. The van der Waals surface area contributed by atoms with E-state index in [4.69, 9.17) is 5.73 Å². The number of rotatable bonds is 8. The van der Waals surface area contributed by atoms with Gasteiger partial charge in [0, 0.05) is 13.1 Å². The molecule has 0 amide bonds. The minimum Gasteiger partial charge on any atom is -0.369 e. The van der Waals surface area contributed by atoms with Crippen LogP contribution >= 0.6 is 15.9 Å². The van der Waals surface area contributed by atoms with Gasteiger partial charge in [0.05, 0.1) is 18.4 Å². The summed E-state index contributed by atoms with van der Waals surface area (Å²) in [7, 11) is 0. The maximum Gasteiger partial charge on any atom is 0.283 e. The zero-order chi connectivity index (χ0) is 16.0. The Kier molecular flexibility index (Phi) is 6.61. The molecule has 0 saturated carbocycles. The van der Waals surface area contributed by atoms with Gasteiger partial charge in [0.15, 0.2) is 0 Å². The smallest absolute Gasteiger partial charge is 0.283 e. The van der Waals surface area contributed by atoms with Gasteiger partial charge in [-0.05, 0) is 34.3 Å². The number of allylic oxidation sites excluding steroid dienone is 1. The van der Waals surface area contributed by atoms with Crippen LogP contribution in [0.15, 0.2) is 28.1 Å². The highest BCUT2D eigenvalue weighted by Crippen LogP contribution is 2.26. The minimum absolute atomic E-state index is 0.0232. The molecule has 0 aliphatic rings. The standard InChI is InChI=1S/C15H25BrN4O/c1-5-7-19(11-15(3,4)10-17)12-9-18-20(8-6-2)14(21)13(12)16/h6,9H,2,5,7-8,10-11,17H2,1,3-4H3. The lowest BCUT2D eigenvalue weighted by Gasteiger charge is -2.33. The Morgan fingerprint density at radius 2 is 2.24 bits per heavy atom. The Labute approximate surface area is 135 Å². The molecule has 118 valence electrons. The van der Waals surface area contributed by atoms with Crippen molar-refractivity contribution in [2.24, 2.45) is 11.1 Å². The molecule has 0 unspecified atom stereocenters. The summed E-state index contributed by atoms with van der Waals surface area (Å²) in [4.78, 5) is 14.4. The van der Waals surface area contributed by atoms with Gasteiger partial charge in [0.1, 0.15) is 4.47 Å². The summed E-state index contributed by atoms with van der Waals surface area (Å²) >= 11 is 3.42. The van der Waals surface area contributed by atoms with E-state index >= 15 is 0 Å². The topological polar surface area (TPSA) is 64.2 Å². The maximum absolute atomic E-state index is 12.3. The molecule has 0 radical (unpaired) electrons. The lowest BCUT2D eigenvalue weighted by Crippen LogP contribution is -2.40. The monoisotopic (exact) mass is 356 g/mol. The van der Waals surface area contributed by atoms with E-state index in [0.717, 1.165) is 25.2 Å². The van der Waals surface area contributed by atoms with Gasteiger partial charge in [-0.25, -0.2) is 4.68 Å². The van der Waals surface area contributed by atoms with E-state index in [-0.39, 0.29) is 11.0 Å². The molecule has 1 heterocycles. The second kappa shape index (κ2) is 7.75. The second-order valence-electron chi connectivity index (χ2n) is 5.91. The molecule has 0 bridgehead atoms. The number of nitrogens with zero attached hydrogens (tertiary/aromatic N) is 3. The van der Waals surface area contributed by atoms with Crippen LogP contribution in [0, 0.1) is 5.41 Å². The number of nitrogens with two attached hydrogens (primary N) is 1. The average molecular weight is 357 g/mol. The van der Waals surface area contributed by atoms with Crippen LogP contribution in [0.2, 0.25) is 0 Å². The van der Waals surface area contributed by atoms with Crippen molar-refractivity contribution >= 4 is 21.6 Å². The molecule has 21 heavy (non-hydrogen) atoms. The molecule has 1 aromatic heterocycles. The summed E-state index contributed by atoms with van der Waals surface area (Å²) in [5, 5.41) is 4.22. The first-order valence-electron chi connectivity index (χ1n) is 7.17. The molecule has 0 aromatic carbocycles. The molecule has 0 aliphatic heterocycles. The van der Waals surface area contributed by atoms with Gasteiger partial charge >= 0.3 is 0 Å². The molecule has 0 atom stereocenters. The summed E-state index contributed by atoms with van der Waals surface area (Å²) in [5.41, 5.74) is 6.49. The van der Waals surface area contributed by atoms with E-state index in [2.05, 4.69) is 53.3 Å². The number of halogens is 1. The molecule has 1 rings (SSSR count). The summed E-state index contributed by atoms with van der Waals surface area (Å²) in [6.07, 6.45) is 4.38. The molecule has 0 spiro atoms. The summed E-state index contributed by atoms with van der Waals surface area (Å²) in [5.74, 6) is 0. The fraction of sp³-hybridized carbons (Fsp3) is 0.600. The van der Waals surface area contributed by atoms with E-state index in [1.165, 1.54) is 4.68 Å². The van der Waals surface area contributed by atoms with Gasteiger partial charge < -0.3 is 10.6 Å². The highest BCUT2D eigenvalue weighted by molar-refractivity contribution is 9.10. The van der Waals surface area contributed by atoms with Crippen molar-refractivity contribution in [1.29, 1.82) is 0 Å². The Bertz CT molecular complexity index is 539. The quantitative estimate of drug-likeness (QED) is 0.726. The van der Waals surface area contributed by atoms with Crippen molar-refractivity contribution in [3.05, 3.63) is 33.7 Å². The Morgan fingerprint density at radius 1 is 1.57 bits per heavy atom. The maximum atomic E-state index is 12.3. The lowest BCUT2D eigenvalue weighted by molar-refractivity contribution is 0.377. The Balaban J connectivity index is 3.17. The van der Waals surface area contributed by atoms with E-state index in [1.807, 2.05) is 0 Å². The van der Waals surface area contributed by atoms with Crippen LogP contribution in [-0.2, 0) is 6.54 Å². The van der Waals surface area contributed by atoms with Gasteiger partial charge in [-0.2, -0.15) is 5.10 Å². The van der Waals surface area contributed by atoms with Crippen molar-refractivity contribution < 1.29 is 0 Å². The van der Waals surface area contributed by atoms with Gasteiger partial charge in [-0.3, -0.25) is 4.79 Å². The Morgan fingerprint density at radius 3 is 2.76 bits per heavy atom. The predicted octanol–water partition coefficient (Wildman–Crippen LogP) is 2.39. The molecule has 6 heteroatoms. The van der Waals surface area contributed by atoms with E-state index in [9.17, 15) is 4.79 Å². The van der Waals surface area contributed by atoms with Crippen LogP contribution in [0.1, 0.15) is 27.2 Å². The number of aromatic nitrogens is 2. The minimum atomic E-state index is -0.140. The van der Waals surface area contributed by atoms with Crippen molar-refractivity contribution in [3.8, 4) is 0 Å². The van der Waals surface area contributed by atoms with E-state index in [0.29, 0.717) is 17.6 Å². The van der Waals surface area contributed by atoms with Gasteiger partial charge in [0.25, 0.3) is 5.56 Å². The first-order valence-corrected chi connectivity index (χ1v) is 7.97. The number of anilines is 1. The van der Waals surface area contributed by atoms with E-state index < -0.39 is 0 Å². The zero-order valence-electron chi connectivity index (χ0n) is 13.1. The molecule has 5 nitrogen and oxygen atoms in total. The largest absolute Gasteiger partial charge is 0.369 e. The lowest BCUT2D eigenvalue weighted by atomic mass is 9.93. The molecule has 0 aliphatic carbocycles. The Hall–Kier alpha value is -1.14. The van der Waals surface area contributed by atoms with Crippen LogP contribution in [0.4, 0.5) is 5.69 Å². The van der Waals surface area contributed by atoms with Crippen LogP contribution < -0.4 is 16.2 Å². The van der Waals surface area contributed by atoms with Crippen molar-refractivity contribution in [2.45, 2.75) is 33.7 Å². The first-order chi connectivity index (χ1) is 9.86. The molecule has 1 aromatic rings. The second-order valence-corrected chi connectivity index (χ2v) is 6.70. The third kappa shape index (κ3) is 4.68. The van der Waals surface area contributed by atoms with Crippen molar-refractivity contribution in [2.75, 3.05) is 24.5 Å². The third-order valence-electron chi connectivity index (χ3n) is 3.27. The molecule has 0 saturated heterocycles. The van der Waals surface area contributed by atoms with Crippen LogP contribution in [0.25, 0.3) is 0 Å².